The number of piperazine rings is 1. The van der Waals surface area contributed by atoms with Crippen LogP contribution in [0.25, 0.3) is 0 Å². The van der Waals surface area contributed by atoms with Gasteiger partial charge in [-0.1, -0.05) is 0 Å². The maximum atomic E-state index is 13.3. The lowest BCUT2D eigenvalue weighted by molar-refractivity contribution is 0.133. The van der Waals surface area contributed by atoms with Crippen molar-refractivity contribution < 1.29 is 9.13 Å². The molecule has 4 nitrogen and oxygen atoms in total. The number of benzene rings is 1. The van der Waals surface area contributed by atoms with Crippen molar-refractivity contribution in [3.8, 4) is 5.75 Å². The van der Waals surface area contributed by atoms with Crippen molar-refractivity contribution in [1.29, 1.82) is 0 Å². The van der Waals surface area contributed by atoms with Crippen LogP contribution in [0, 0.1) is 5.82 Å². The Labute approximate surface area is 126 Å². The van der Waals surface area contributed by atoms with Gasteiger partial charge in [-0.2, -0.15) is 0 Å². The number of nitrogens with two attached hydrogens (primary N) is 1. The van der Waals surface area contributed by atoms with Gasteiger partial charge in [-0.15, -0.1) is 0 Å². The van der Waals surface area contributed by atoms with Gasteiger partial charge >= 0.3 is 0 Å². The second-order valence-corrected chi connectivity index (χ2v) is 5.93. The Morgan fingerprint density at radius 2 is 2.00 bits per heavy atom. The van der Waals surface area contributed by atoms with E-state index in [0.29, 0.717) is 13.0 Å². The quantitative estimate of drug-likeness (QED) is 0.860. The molecule has 1 aromatic rings. The third-order valence-electron chi connectivity index (χ3n) is 3.83. The van der Waals surface area contributed by atoms with Gasteiger partial charge in [0.25, 0.3) is 0 Å². The van der Waals surface area contributed by atoms with Crippen LogP contribution >= 0.6 is 0 Å². The van der Waals surface area contributed by atoms with E-state index in [9.17, 15) is 4.39 Å². The van der Waals surface area contributed by atoms with Crippen LogP contribution in [-0.4, -0.2) is 62.2 Å². The molecule has 0 amide bonds. The van der Waals surface area contributed by atoms with E-state index >= 15 is 0 Å². The smallest absolute Gasteiger partial charge is 0.123 e. The lowest BCUT2D eigenvalue weighted by Gasteiger charge is -2.32. The summed E-state index contributed by atoms with van der Waals surface area (Å²) in [6, 6.07) is 4.66. The molecule has 1 atom stereocenters. The van der Waals surface area contributed by atoms with Crippen molar-refractivity contribution in [3.63, 3.8) is 0 Å². The lowest BCUT2D eigenvalue weighted by Crippen LogP contribution is -2.45. The van der Waals surface area contributed by atoms with Crippen molar-refractivity contribution in [1.82, 2.24) is 9.80 Å². The van der Waals surface area contributed by atoms with Crippen LogP contribution in [0.4, 0.5) is 4.39 Å². The Hall–Kier alpha value is -1.17. The SMILES string of the molecule is CC(N)Cc1cc(F)ccc1OCCN1CCN(C)CC1. The zero-order valence-electron chi connectivity index (χ0n) is 13.0. The third-order valence-corrected chi connectivity index (χ3v) is 3.83. The van der Waals surface area contributed by atoms with Crippen LogP contribution in [0.5, 0.6) is 5.75 Å². The van der Waals surface area contributed by atoms with E-state index in [1.165, 1.54) is 12.1 Å². The number of halogens is 1. The summed E-state index contributed by atoms with van der Waals surface area (Å²) < 4.78 is 19.2. The first kappa shape index (κ1) is 16.2. The predicted molar refractivity (Wildman–Crippen MR) is 83.2 cm³/mol. The first-order valence-electron chi connectivity index (χ1n) is 7.62. The molecule has 21 heavy (non-hydrogen) atoms. The summed E-state index contributed by atoms with van der Waals surface area (Å²) in [5, 5.41) is 0. The fourth-order valence-corrected chi connectivity index (χ4v) is 2.55. The number of nitrogens with zero attached hydrogens (tertiary/aromatic N) is 2. The molecule has 118 valence electrons. The molecular formula is C16H26FN3O. The minimum absolute atomic E-state index is 0.00761. The van der Waals surface area contributed by atoms with E-state index in [0.717, 1.165) is 44.0 Å². The minimum atomic E-state index is -0.239. The second kappa shape index (κ2) is 7.73. The van der Waals surface area contributed by atoms with Gasteiger partial charge in [0.05, 0.1) is 0 Å². The van der Waals surface area contributed by atoms with Crippen LogP contribution < -0.4 is 10.5 Å². The lowest BCUT2D eigenvalue weighted by atomic mass is 10.1. The van der Waals surface area contributed by atoms with Crippen LogP contribution in [0.2, 0.25) is 0 Å². The highest BCUT2D eigenvalue weighted by Gasteiger charge is 2.14. The van der Waals surface area contributed by atoms with E-state index in [1.54, 1.807) is 6.07 Å². The highest BCUT2D eigenvalue weighted by molar-refractivity contribution is 5.34. The molecule has 0 bridgehead atoms. The van der Waals surface area contributed by atoms with Gasteiger partial charge in [-0.05, 0) is 44.2 Å². The highest BCUT2D eigenvalue weighted by atomic mass is 19.1. The van der Waals surface area contributed by atoms with Gasteiger partial charge in [0.15, 0.2) is 0 Å². The van der Waals surface area contributed by atoms with Crippen molar-refractivity contribution in [2.24, 2.45) is 5.73 Å². The Morgan fingerprint density at radius 1 is 1.29 bits per heavy atom. The molecule has 0 spiro atoms. The molecule has 5 heteroatoms. The minimum Gasteiger partial charge on any atom is -0.492 e. The fourth-order valence-electron chi connectivity index (χ4n) is 2.55. The molecule has 1 aliphatic heterocycles. The summed E-state index contributed by atoms with van der Waals surface area (Å²) in [4.78, 5) is 4.73. The average Bonchev–Trinajstić information content (AvgIpc) is 2.43. The molecule has 2 rings (SSSR count). The number of hydrogen-bond acceptors (Lipinski definition) is 4. The van der Waals surface area contributed by atoms with Gasteiger partial charge in [-0.3, -0.25) is 4.90 Å². The zero-order valence-corrected chi connectivity index (χ0v) is 13.0. The van der Waals surface area contributed by atoms with Gasteiger partial charge in [-0.25, -0.2) is 4.39 Å². The van der Waals surface area contributed by atoms with E-state index in [4.69, 9.17) is 10.5 Å². The molecule has 1 heterocycles. The normalized spacial score (nSPS) is 18.7. The van der Waals surface area contributed by atoms with Gasteiger partial charge < -0.3 is 15.4 Å². The largest absolute Gasteiger partial charge is 0.492 e. The summed E-state index contributed by atoms with van der Waals surface area (Å²) in [5.41, 5.74) is 6.66. The Bertz CT molecular complexity index is 445. The summed E-state index contributed by atoms with van der Waals surface area (Å²) >= 11 is 0. The summed E-state index contributed by atoms with van der Waals surface area (Å²) in [5.74, 6) is 0.514. The van der Waals surface area contributed by atoms with E-state index in [1.807, 2.05) is 6.92 Å². The van der Waals surface area contributed by atoms with E-state index < -0.39 is 0 Å². The molecular weight excluding hydrogens is 269 g/mol. The first-order chi connectivity index (χ1) is 10.0. The van der Waals surface area contributed by atoms with Crippen LogP contribution in [0.15, 0.2) is 18.2 Å². The average molecular weight is 295 g/mol. The Balaban J connectivity index is 1.85. The number of rotatable bonds is 6. The molecule has 2 N–H and O–H groups in total. The van der Waals surface area contributed by atoms with Gasteiger partial charge in [0.2, 0.25) is 0 Å². The van der Waals surface area contributed by atoms with Crippen molar-refractivity contribution in [3.05, 3.63) is 29.6 Å². The number of hydrogen-bond donors (Lipinski definition) is 1. The Kier molecular flexibility index (Phi) is 5.96. The van der Waals surface area contributed by atoms with Crippen molar-refractivity contribution in [2.75, 3.05) is 46.4 Å². The van der Waals surface area contributed by atoms with Crippen molar-refractivity contribution in [2.45, 2.75) is 19.4 Å². The van der Waals surface area contributed by atoms with Crippen molar-refractivity contribution >= 4 is 0 Å². The molecule has 0 aliphatic carbocycles. The zero-order chi connectivity index (χ0) is 15.2. The molecule has 1 aromatic carbocycles. The summed E-state index contributed by atoms with van der Waals surface area (Å²) in [7, 11) is 2.15. The predicted octanol–water partition coefficient (Wildman–Crippen LogP) is 1.34. The molecule has 1 fully saturated rings. The number of likely N-dealkylation sites (N-methyl/N-ethyl adjacent to an activating group) is 1. The van der Waals surface area contributed by atoms with E-state index in [-0.39, 0.29) is 11.9 Å². The topological polar surface area (TPSA) is 41.7 Å². The standard InChI is InChI=1S/C16H26FN3O/c1-13(18)11-14-12-15(17)3-4-16(14)21-10-9-20-7-5-19(2)6-8-20/h3-4,12-13H,5-11,18H2,1-2H3. The Morgan fingerprint density at radius 3 is 2.67 bits per heavy atom. The second-order valence-electron chi connectivity index (χ2n) is 5.93. The first-order valence-corrected chi connectivity index (χ1v) is 7.62. The van der Waals surface area contributed by atoms with Crippen LogP contribution in [-0.2, 0) is 6.42 Å². The maximum Gasteiger partial charge on any atom is 0.123 e. The summed E-state index contributed by atoms with van der Waals surface area (Å²) in [6.07, 6.45) is 0.627. The molecule has 1 aliphatic rings. The molecule has 1 saturated heterocycles. The number of ether oxygens (including phenoxy) is 1. The monoisotopic (exact) mass is 295 g/mol. The van der Waals surface area contributed by atoms with Gasteiger partial charge in [0.1, 0.15) is 18.2 Å². The van der Waals surface area contributed by atoms with E-state index in [2.05, 4.69) is 16.8 Å². The molecule has 0 radical (unpaired) electrons. The molecule has 0 aromatic heterocycles. The fraction of sp³-hybridized carbons (Fsp3) is 0.625. The highest BCUT2D eigenvalue weighted by Crippen LogP contribution is 2.21. The third kappa shape index (κ3) is 5.26. The van der Waals surface area contributed by atoms with Gasteiger partial charge in [0, 0.05) is 38.8 Å². The van der Waals surface area contributed by atoms with Crippen LogP contribution in [0.3, 0.4) is 0 Å². The molecule has 0 saturated carbocycles. The van der Waals surface area contributed by atoms with Crippen LogP contribution in [0.1, 0.15) is 12.5 Å². The summed E-state index contributed by atoms with van der Waals surface area (Å²) in [6.45, 7) is 7.81. The molecule has 1 unspecified atom stereocenters. The maximum absolute atomic E-state index is 13.3.